The van der Waals surface area contributed by atoms with Gasteiger partial charge < -0.3 is 15.6 Å². The van der Waals surface area contributed by atoms with Crippen LogP contribution in [-0.4, -0.2) is 54.0 Å². The van der Waals surface area contributed by atoms with Gasteiger partial charge in [-0.25, -0.2) is 0 Å². The van der Waals surface area contributed by atoms with Crippen LogP contribution < -0.4 is 5.73 Å². The van der Waals surface area contributed by atoms with Gasteiger partial charge in [-0.2, -0.15) is 0 Å². The van der Waals surface area contributed by atoms with Gasteiger partial charge in [-0.1, -0.05) is 0 Å². The van der Waals surface area contributed by atoms with Crippen molar-refractivity contribution in [3.63, 3.8) is 0 Å². The van der Waals surface area contributed by atoms with Gasteiger partial charge in [-0.15, -0.1) is 0 Å². The second kappa shape index (κ2) is 5.65. The molecule has 0 spiro atoms. The maximum atomic E-state index is 9.12. The van der Waals surface area contributed by atoms with E-state index >= 15 is 0 Å². The van der Waals surface area contributed by atoms with Crippen molar-refractivity contribution in [2.24, 2.45) is 5.73 Å². The highest BCUT2D eigenvalue weighted by Gasteiger charge is 2.35. The minimum atomic E-state index is -0.415. The summed E-state index contributed by atoms with van der Waals surface area (Å²) in [5, 5.41) is 9.12. The Morgan fingerprint density at radius 2 is 2.29 bits per heavy atom. The lowest BCUT2D eigenvalue weighted by Gasteiger charge is -2.38. The van der Waals surface area contributed by atoms with Crippen LogP contribution in [0.25, 0.3) is 0 Å². The Morgan fingerprint density at radius 3 is 3.06 bits per heavy atom. The predicted octanol–water partition coefficient (Wildman–Crippen LogP) is 0.730. The van der Waals surface area contributed by atoms with E-state index in [2.05, 4.69) is 4.90 Å². The fourth-order valence-electron chi connectivity index (χ4n) is 3.05. The zero-order chi connectivity index (χ0) is 12.3. The number of fused-ring (bicyclic) bond motifs is 1. The summed E-state index contributed by atoms with van der Waals surface area (Å²) in [5.41, 5.74) is 5.53. The van der Waals surface area contributed by atoms with Crippen LogP contribution in [0, 0.1) is 0 Å². The van der Waals surface area contributed by atoms with E-state index < -0.39 is 5.54 Å². The summed E-state index contributed by atoms with van der Waals surface area (Å²) in [4.78, 5) is 2.56. The third-order valence-electron chi connectivity index (χ3n) is 4.15. The Labute approximate surface area is 104 Å². The molecule has 2 fully saturated rings. The van der Waals surface area contributed by atoms with E-state index in [9.17, 15) is 0 Å². The number of aliphatic hydroxyl groups excluding tert-OH is 1. The first-order valence-electron chi connectivity index (χ1n) is 6.88. The summed E-state index contributed by atoms with van der Waals surface area (Å²) >= 11 is 0. The lowest BCUT2D eigenvalue weighted by Crippen LogP contribution is -2.49. The molecule has 0 radical (unpaired) electrons. The quantitative estimate of drug-likeness (QED) is 0.746. The first-order chi connectivity index (χ1) is 8.12. The molecule has 1 saturated carbocycles. The van der Waals surface area contributed by atoms with Crippen molar-refractivity contribution >= 4 is 0 Å². The normalized spacial score (nSPS) is 33.4. The summed E-state index contributed by atoms with van der Waals surface area (Å²) in [6.45, 7) is 5.02. The lowest BCUT2D eigenvalue weighted by atomic mass is 9.98. The number of hydrogen-bond donors (Lipinski definition) is 2. The smallest absolute Gasteiger partial charge is 0.0730 e. The van der Waals surface area contributed by atoms with Crippen LogP contribution in [0.5, 0.6) is 0 Å². The second-order valence-corrected chi connectivity index (χ2v) is 5.86. The van der Waals surface area contributed by atoms with Crippen molar-refractivity contribution in [3.05, 3.63) is 0 Å². The second-order valence-electron chi connectivity index (χ2n) is 5.86. The molecule has 100 valence electrons. The van der Waals surface area contributed by atoms with E-state index in [1.165, 1.54) is 19.3 Å². The zero-order valence-electron chi connectivity index (χ0n) is 10.9. The monoisotopic (exact) mass is 242 g/mol. The fraction of sp³-hybridized carbons (Fsp3) is 1.00. The number of ether oxygens (including phenoxy) is 1. The summed E-state index contributed by atoms with van der Waals surface area (Å²) in [6, 6.07) is 0.641. The van der Waals surface area contributed by atoms with Gasteiger partial charge >= 0.3 is 0 Å². The molecule has 0 aromatic carbocycles. The Hall–Kier alpha value is -0.160. The van der Waals surface area contributed by atoms with Gasteiger partial charge in [0.25, 0.3) is 0 Å². The molecule has 4 heteroatoms. The third-order valence-corrected chi connectivity index (χ3v) is 4.15. The molecule has 0 bridgehead atoms. The van der Waals surface area contributed by atoms with E-state index in [1.54, 1.807) is 0 Å². The molecular weight excluding hydrogens is 216 g/mol. The van der Waals surface area contributed by atoms with Gasteiger partial charge in [0.1, 0.15) is 0 Å². The molecule has 0 aromatic rings. The number of rotatable bonds is 5. The Balaban J connectivity index is 1.75. The Kier molecular flexibility index (Phi) is 4.42. The maximum absolute atomic E-state index is 9.12. The molecule has 1 saturated heterocycles. The average Bonchev–Trinajstić information content (AvgIpc) is 2.78. The van der Waals surface area contributed by atoms with Gasteiger partial charge in [-0.05, 0) is 45.6 Å². The largest absolute Gasteiger partial charge is 0.394 e. The van der Waals surface area contributed by atoms with Crippen molar-refractivity contribution in [1.29, 1.82) is 0 Å². The van der Waals surface area contributed by atoms with E-state index in [-0.39, 0.29) is 6.61 Å². The number of nitrogens with zero attached hydrogens (tertiary/aromatic N) is 1. The van der Waals surface area contributed by atoms with Gasteiger partial charge in [0, 0.05) is 18.1 Å². The molecule has 0 aromatic heterocycles. The maximum Gasteiger partial charge on any atom is 0.0730 e. The molecule has 1 aliphatic heterocycles. The van der Waals surface area contributed by atoms with Gasteiger partial charge in [0.2, 0.25) is 0 Å². The van der Waals surface area contributed by atoms with Gasteiger partial charge in [0.15, 0.2) is 0 Å². The van der Waals surface area contributed by atoms with E-state index in [1.807, 2.05) is 6.92 Å². The zero-order valence-corrected chi connectivity index (χ0v) is 10.9. The Morgan fingerprint density at radius 1 is 1.47 bits per heavy atom. The molecule has 2 rings (SSSR count). The van der Waals surface area contributed by atoms with E-state index in [4.69, 9.17) is 15.6 Å². The van der Waals surface area contributed by atoms with Crippen molar-refractivity contribution in [2.45, 2.75) is 56.7 Å². The number of morpholine rings is 1. The van der Waals surface area contributed by atoms with Gasteiger partial charge in [-0.3, -0.25) is 4.90 Å². The van der Waals surface area contributed by atoms with Crippen molar-refractivity contribution in [2.75, 3.05) is 26.3 Å². The topological polar surface area (TPSA) is 58.7 Å². The Bertz CT molecular complexity index is 246. The van der Waals surface area contributed by atoms with Crippen LogP contribution in [0.15, 0.2) is 0 Å². The molecule has 1 aliphatic carbocycles. The molecule has 17 heavy (non-hydrogen) atoms. The molecule has 3 atom stereocenters. The summed E-state index contributed by atoms with van der Waals surface area (Å²) in [7, 11) is 0. The number of hydrogen-bond acceptors (Lipinski definition) is 4. The predicted molar refractivity (Wildman–Crippen MR) is 67.9 cm³/mol. The van der Waals surface area contributed by atoms with E-state index in [0.717, 1.165) is 32.5 Å². The molecule has 3 N–H and O–H groups in total. The van der Waals surface area contributed by atoms with Crippen LogP contribution in [-0.2, 0) is 4.74 Å². The lowest BCUT2D eigenvalue weighted by molar-refractivity contribution is -0.0562. The summed E-state index contributed by atoms with van der Waals surface area (Å²) < 4.78 is 5.79. The van der Waals surface area contributed by atoms with Crippen LogP contribution in [0.3, 0.4) is 0 Å². The molecule has 1 heterocycles. The van der Waals surface area contributed by atoms with Crippen LogP contribution in [0.1, 0.15) is 39.0 Å². The van der Waals surface area contributed by atoms with Crippen molar-refractivity contribution in [3.8, 4) is 0 Å². The average molecular weight is 242 g/mol. The fourth-order valence-corrected chi connectivity index (χ4v) is 3.05. The summed E-state index contributed by atoms with van der Waals surface area (Å²) in [5.74, 6) is 0. The minimum Gasteiger partial charge on any atom is -0.394 e. The van der Waals surface area contributed by atoms with E-state index in [0.29, 0.717) is 12.1 Å². The number of aliphatic hydroxyl groups is 1. The minimum absolute atomic E-state index is 0.0716. The van der Waals surface area contributed by atoms with Crippen LogP contribution in [0.2, 0.25) is 0 Å². The van der Waals surface area contributed by atoms with Crippen molar-refractivity contribution < 1.29 is 9.84 Å². The van der Waals surface area contributed by atoms with Crippen LogP contribution in [0.4, 0.5) is 0 Å². The third kappa shape index (κ3) is 3.41. The highest BCUT2D eigenvalue weighted by molar-refractivity contribution is 4.89. The highest BCUT2D eigenvalue weighted by Crippen LogP contribution is 2.29. The summed E-state index contributed by atoms with van der Waals surface area (Å²) in [6.07, 6.45) is 6.24. The SMILES string of the molecule is CC(N)(CO)CCCN1CCOC2CCCC21. The molecule has 2 aliphatic rings. The highest BCUT2D eigenvalue weighted by atomic mass is 16.5. The molecule has 4 nitrogen and oxygen atoms in total. The van der Waals surface area contributed by atoms with Crippen molar-refractivity contribution in [1.82, 2.24) is 4.90 Å². The van der Waals surface area contributed by atoms with Gasteiger partial charge in [0.05, 0.1) is 19.3 Å². The molecule has 0 amide bonds. The number of nitrogens with two attached hydrogens (primary N) is 1. The molecular formula is C13H26N2O2. The molecule has 3 unspecified atom stereocenters. The van der Waals surface area contributed by atoms with Crippen LogP contribution >= 0.6 is 0 Å². The standard InChI is InChI=1S/C13H26N2O2/c1-13(14,10-16)6-3-7-15-8-9-17-12-5-2-4-11(12)15/h11-12,16H,2-10,14H2,1H3. The first kappa shape index (κ1) is 13.3. The first-order valence-corrected chi connectivity index (χ1v) is 6.88.